The molecule has 0 spiro atoms. The Morgan fingerprint density at radius 1 is 0.974 bits per heavy atom. The molecule has 8 heteroatoms. The molecule has 2 aromatic carbocycles. The SMILES string of the molecule is Cc1ccc(-c2nnc(SCCCC(=O)N3CCN(C(=O)CC(C)(C)C)C(C)C3)n2-c2ccccc2C)cc1. The number of benzene rings is 2. The number of aryl methyl sites for hydroxylation is 2. The van der Waals surface area contributed by atoms with Gasteiger partial charge in [0, 0.05) is 49.8 Å². The van der Waals surface area contributed by atoms with Crippen LogP contribution in [0.2, 0.25) is 0 Å². The molecule has 1 aliphatic heterocycles. The molecule has 208 valence electrons. The fourth-order valence-corrected chi connectivity index (χ4v) is 5.82. The van der Waals surface area contributed by atoms with E-state index < -0.39 is 0 Å². The summed E-state index contributed by atoms with van der Waals surface area (Å²) in [7, 11) is 0. The van der Waals surface area contributed by atoms with Crippen molar-refractivity contribution >= 4 is 23.6 Å². The van der Waals surface area contributed by atoms with Gasteiger partial charge in [0.15, 0.2) is 11.0 Å². The second kappa shape index (κ2) is 12.4. The number of aromatic nitrogens is 3. The largest absolute Gasteiger partial charge is 0.339 e. The molecule has 0 saturated carbocycles. The zero-order chi connectivity index (χ0) is 28.2. The molecule has 1 unspecified atom stereocenters. The van der Waals surface area contributed by atoms with E-state index in [1.54, 1.807) is 11.8 Å². The third kappa shape index (κ3) is 7.29. The van der Waals surface area contributed by atoms with Gasteiger partial charge in [-0.05, 0) is 44.2 Å². The first-order chi connectivity index (χ1) is 18.5. The van der Waals surface area contributed by atoms with Gasteiger partial charge in [-0.1, -0.05) is 80.6 Å². The van der Waals surface area contributed by atoms with Crippen LogP contribution in [0.25, 0.3) is 17.1 Å². The Kier molecular flexibility index (Phi) is 9.15. The lowest BCUT2D eigenvalue weighted by molar-refractivity contribution is -0.143. The van der Waals surface area contributed by atoms with Crippen molar-refractivity contribution in [2.75, 3.05) is 25.4 Å². The van der Waals surface area contributed by atoms with Gasteiger partial charge in [0.1, 0.15) is 0 Å². The summed E-state index contributed by atoms with van der Waals surface area (Å²) >= 11 is 1.63. The van der Waals surface area contributed by atoms with Crippen LogP contribution in [0.5, 0.6) is 0 Å². The van der Waals surface area contributed by atoms with E-state index >= 15 is 0 Å². The minimum Gasteiger partial charge on any atom is -0.339 e. The molecule has 1 aromatic heterocycles. The number of nitrogens with zero attached hydrogens (tertiary/aromatic N) is 5. The molecular formula is C31H41N5O2S. The van der Waals surface area contributed by atoms with Gasteiger partial charge in [-0.3, -0.25) is 14.2 Å². The summed E-state index contributed by atoms with van der Waals surface area (Å²) in [5.41, 5.74) is 4.40. The van der Waals surface area contributed by atoms with Gasteiger partial charge < -0.3 is 9.80 Å². The van der Waals surface area contributed by atoms with Crippen molar-refractivity contribution in [3.05, 3.63) is 59.7 Å². The van der Waals surface area contributed by atoms with Crippen molar-refractivity contribution in [2.45, 2.75) is 72.0 Å². The van der Waals surface area contributed by atoms with Crippen LogP contribution < -0.4 is 0 Å². The summed E-state index contributed by atoms with van der Waals surface area (Å²) in [6.45, 7) is 14.3. The van der Waals surface area contributed by atoms with Crippen LogP contribution in [0.15, 0.2) is 53.7 Å². The number of thioether (sulfide) groups is 1. The van der Waals surface area contributed by atoms with E-state index in [4.69, 9.17) is 0 Å². The third-order valence-electron chi connectivity index (χ3n) is 7.05. The Hall–Kier alpha value is -3.13. The fraction of sp³-hybridized carbons (Fsp3) is 0.484. The number of hydrogen-bond donors (Lipinski definition) is 0. The van der Waals surface area contributed by atoms with Crippen molar-refractivity contribution in [3.8, 4) is 17.1 Å². The predicted molar refractivity (Wildman–Crippen MR) is 158 cm³/mol. The van der Waals surface area contributed by atoms with Gasteiger partial charge >= 0.3 is 0 Å². The Labute approximate surface area is 237 Å². The molecule has 1 fully saturated rings. The molecule has 0 N–H and O–H groups in total. The quantitative estimate of drug-likeness (QED) is 0.259. The van der Waals surface area contributed by atoms with Crippen LogP contribution in [0.1, 0.15) is 58.1 Å². The third-order valence-corrected chi connectivity index (χ3v) is 8.06. The average Bonchev–Trinajstić information content (AvgIpc) is 3.29. The van der Waals surface area contributed by atoms with Gasteiger partial charge in [0.25, 0.3) is 0 Å². The van der Waals surface area contributed by atoms with Crippen LogP contribution in [0, 0.1) is 19.3 Å². The van der Waals surface area contributed by atoms with Crippen LogP contribution in [0.4, 0.5) is 0 Å². The van der Waals surface area contributed by atoms with E-state index in [1.807, 2.05) is 28.9 Å². The molecule has 1 atom stereocenters. The predicted octanol–water partition coefficient (Wildman–Crippen LogP) is 5.92. The van der Waals surface area contributed by atoms with Gasteiger partial charge in [-0.2, -0.15) is 0 Å². The maximum atomic E-state index is 13.0. The van der Waals surface area contributed by atoms with E-state index in [0.29, 0.717) is 32.5 Å². The molecule has 3 aromatic rings. The van der Waals surface area contributed by atoms with E-state index in [-0.39, 0.29) is 23.3 Å². The normalized spacial score (nSPS) is 16.0. The molecule has 2 heterocycles. The highest BCUT2D eigenvalue weighted by Gasteiger charge is 2.31. The van der Waals surface area contributed by atoms with Gasteiger partial charge in [0.2, 0.25) is 11.8 Å². The zero-order valence-electron chi connectivity index (χ0n) is 24.1. The Balaban J connectivity index is 1.36. The average molecular weight is 548 g/mol. The number of rotatable bonds is 8. The lowest BCUT2D eigenvalue weighted by Crippen LogP contribution is -2.55. The summed E-state index contributed by atoms with van der Waals surface area (Å²) in [6, 6.07) is 16.6. The summed E-state index contributed by atoms with van der Waals surface area (Å²) in [4.78, 5) is 29.6. The van der Waals surface area contributed by atoms with E-state index in [0.717, 1.165) is 40.0 Å². The Morgan fingerprint density at radius 2 is 1.69 bits per heavy atom. The summed E-state index contributed by atoms with van der Waals surface area (Å²) in [6.07, 6.45) is 1.77. The lowest BCUT2D eigenvalue weighted by atomic mass is 9.91. The van der Waals surface area contributed by atoms with Crippen molar-refractivity contribution in [1.82, 2.24) is 24.6 Å². The highest BCUT2D eigenvalue weighted by molar-refractivity contribution is 7.99. The highest BCUT2D eigenvalue weighted by Crippen LogP contribution is 2.30. The molecule has 0 bridgehead atoms. The van der Waals surface area contributed by atoms with Crippen LogP contribution in [-0.4, -0.2) is 67.8 Å². The van der Waals surface area contributed by atoms with Crippen molar-refractivity contribution in [2.24, 2.45) is 5.41 Å². The van der Waals surface area contributed by atoms with Crippen LogP contribution >= 0.6 is 11.8 Å². The minimum atomic E-state index is -0.0359. The smallest absolute Gasteiger partial charge is 0.223 e. The number of carbonyl (C=O) groups excluding carboxylic acids is 2. The summed E-state index contributed by atoms with van der Waals surface area (Å²) in [5, 5.41) is 9.93. The number of para-hydroxylation sites is 1. The zero-order valence-corrected chi connectivity index (χ0v) is 24.9. The van der Waals surface area contributed by atoms with E-state index in [1.165, 1.54) is 5.56 Å². The number of carbonyl (C=O) groups is 2. The Bertz CT molecular complexity index is 1300. The monoisotopic (exact) mass is 547 g/mol. The van der Waals surface area contributed by atoms with Crippen LogP contribution in [-0.2, 0) is 9.59 Å². The molecule has 4 rings (SSSR count). The second-order valence-corrected chi connectivity index (χ2v) is 12.8. The van der Waals surface area contributed by atoms with Gasteiger partial charge in [0.05, 0.1) is 5.69 Å². The first-order valence-electron chi connectivity index (χ1n) is 13.8. The molecular weight excluding hydrogens is 506 g/mol. The highest BCUT2D eigenvalue weighted by atomic mass is 32.2. The lowest BCUT2D eigenvalue weighted by Gasteiger charge is -2.41. The standard InChI is InChI=1S/C31H41N5O2S/c1-22-13-15-25(16-14-22)29-32-33-30(36(29)26-11-8-7-10-23(26)2)39-19-9-12-27(37)34-17-18-35(24(3)21-34)28(38)20-31(4,5)6/h7-8,10-11,13-16,24H,9,12,17-21H2,1-6H3. The number of hydrogen-bond acceptors (Lipinski definition) is 5. The molecule has 0 aliphatic carbocycles. The fourth-order valence-electron chi connectivity index (χ4n) is 4.94. The first kappa shape index (κ1) is 28.9. The molecule has 39 heavy (non-hydrogen) atoms. The van der Waals surface area contributed by atoms with E-state index in [2.05, 4.69) is 85.8 Å². The second-order valence-electron chi connectivity index (χ2n) is 11.8. The van der Waals surface area contributed by atoms with Crippen molar-refractivity contribution < 1.29 is 9.59 Å². The first-order valence-corrected chi connectivity index (χ1v) is 14.8. The summed E-state index contributed by atoms with van der Waals surface area (Å²) < 4.78 is 2.13. The van der Waals surface area contributed by atoms with Crippen molar-refractivity contribution in [3.63, 3.8) is 0 Å². The molecule has 2 amide bonds. The number of piperazine rings is 1. The number of amides is 2. The Morgan fingerprint density at radius 3 is 2.36 bits per heavy atom. The van der Waals surface area contributed by atoms with Crippen molar-refractivity contribution in [1.29, 1.82) is 0 Å². The minimum absolute atomic E-state index is 0.0359. The van der Waals surface area contributed by atoms with Crippen LogP contribution in [0.3, 0.4) is 0 Å². The molecule has 1 aliphatic rings. The van der Waals surface area contributed by atoms with Gasteiger partial charge in [-0.25, -0.2) is 0 Å². The topological polar surface area (TPSA) is 71.3 Å². The maximum absolute atomic E-state index is 13.0. The molecule has 1 saturated heterocycles. The summed E-state index contributed by atoms with van der Waals surface area (Å²) in [5.74, 6) is 1.92. The molecule has 0 radical (unpaired) electrons. The molecule has 7 nitrogen and oxygen atoms in total. The maximum Gasteiger partial charge on any atom is 0.223 e. The van der Waals surface area contributed by atoms with E-state index in [9.17, 15) is 9.59 Å². The van der Waals surface area contributed by atoms with Gasteiger partial charge in [-0.15, -0.1) is 10.2 Å².